The van der Waals surface area contributed by atoms with Crippen LogP contribution in [0.5, 0.6) is 0 Å². The molecule has 100 valence electrons. The average molecular weight is 284 g/mol. The van der Waals surface area contributed by atoms with Crippen LogP contribution in [0, 0.1) is 0 Å². The van der Waals surface area contributed by atoms with E-state index in [2.05, 4.69) is 36.5 Å². The van der Waals surface area contributed by atoms with Gasteiger partial charge in [0.05, 0.1) is 18.2 Å². The molecule has 1 saturated heterocycles. The molecule has 0 amide bonds. The van der Waals surface area contributed by atoms with Crippen LogP contribution < -0.4 is 5.32 Å². The number of rotatable bonds is 3. The first-order chi connectivity index (χ1) is 8.47. The number of nitrogens with zero attached hydrogens (tertiary/aromatic N) is 1. The van der Waals surface area contributed by atoms with Crippen molar-refractivity contribution in [3.05, 3.63) is 16.1 Å². The zero-order valence-corrected chi connectivity index (χ0v) is 12.8. The maximum atomic E-state index is 12.1. The summed E-state index contributed by atoms with van der Waals surface area (Å²) in [6.07, 6.45) is 0.471. The van der Waals surface area contributed by atoms with Gasteiger partial charge in [-0.3, -0.25) is 4.79 Å². The summed E-state index contributed by atoms with van der Waals surface area (Å²) in [5.41, 5.74) is 1.15. The minimum absolute atomic E-state index is 0.0192. The molecule has 18 heavy (non-hydrogen) atoms. The van der Waals surface area contributed by atoms with Crippen LogP contribution in [0.25, 0.3) is 0 Å². The van der Waals surface area contributed by atoms with Gasteiger partial charge in [0.25, 0.3) is 0 Å². The van der Waals surface area contributed by atoms with Crippen molar-refractivity contribution < 1.29 is 4.79 Å². The molecule has 2 rings (SSSR count). The molecule has 2 heterocycles. The summed E-state index contributed by atoms with van der Waals surface area (Å²) in [5, 5.41) is 6.30. The molecule has 1 aromatic rings. The van der Waals surface area contributed by atoms with E-state index in [0.717, 1.165) is 28.8 Å². The molecule has 0 saturated carbocycles. The van der Waals surface area contributed by atoms with Crippen LogP contribution in [0.3, 0.4) is 0 Å². The fourth-order valence-electron chi connectivity index (χ4n) is 1.78. The summed E-state index contributed by atoms with van der Waals surface area (Å²) in [6.45, 7) is 7.37. The third-order valence-corrected chi connectivity index (χ3v) is 4.87. The molecule has 0 radical (unpaired) electrons. The highest BCUT2D eigenvalue weighted by Gasteiger charge is 2.23. The Kier molecular flexibility index (Phi) is 4.45. The fraction of sp³-hybridized carbons (Fsp3) is 0.692. The summed E-state index contributed by atoms with van der Waals surface area (Å²) in [7, 11) is 0. The summed E-state index contributed by atoms with van der Waals surface area (Å²) >= 11 is 3.45. The number of Topliss-reactive ketones (excluding diaryl/α,β-unsaturated/α-hetero) is 1. The number of carbonyl (C=O) groups is 1. The lowest BCUT2D eigenvalue weighted by Gasteiger charge is -2.21. The smallest absolute Gasteiger partial charge is 0.157 e. The number of aromatic nitrogens is 1. The van der Waals surface area contributed by atoms with E-state index in [9.17, 15) is 4.79 Å². The number of nitrogens with one attached hydrogen (secondary N) is 1. The number of thiazole rings is 1. The van der Waals surface area contributed by atoms with Gasteiger partial charge < -0.3 is 5.32 Å². The van der Waals surface area contributed by atoms with E-state index < -0.39 is 0 Å². The van der Waals surface area contributed by atoms with Gasteiger partial charge in [0.1, 0.15) is 5.01 Å². The van der Waals surface area contributed by atoms with Crippen molar-refractivity contribution in [2.24, 2.45) is 0 Å². The summed E-state index contributed by atoms with van der Waals surface area (Å²) in [5.74, 6) is 2.28. The van der Waals surface area contributed by atoms with Gasteiger partial charge in [-0.1, -0.05) is 20.8 Å². The highest BCUT2D eigenvalue weighted by Crippen LogP contribution is 2.24. The van der Waals surface area contributed by atoms with Crippen molar-refractivity contribution in [2.45, 2.75) is 38.6 Å². The minimum Gasteiger partial charge on any atom is -0.306 e. The first-order valence-corrected chi connectivity index (χ1v) is 8.29. The van der Waals surface area contributed by atoms with Crippen molar-refractivity contribution in [2.75, 3.05) is 18.1 Å². The Hall–Kier alpha value is -0.390. The Morgan fingerprint density at radius 2 is 2.33 bits per heavy atom. The first kappa shape index (κ1) is 14.0. The summed E-state index contributed by atoms with van der Waals surface area (Å²) in [6, 6.07) is 0.0192. The first-order valence-electron chi connectivity index (χ1n) is 6.25. The zero-order valence-electron chi connectivity index (χ0n) is 11.2. The highest BCUT2D eigenvalue weighted by molar-refractivity contribution is 7.99. The Morgan fingerprint density at radius 1 is 1.56 bits per heavy atom. The highest BCUT2D eigenvalue weighted by atomic mass is 32.2. The molecule has 1 atom stereocenters. The minimum atomic E-state index is 0.0192. The molecule has 1 aromatic heterocycles. The van der Waals surface area contributed by atoms with Crippen LogP contribution in [0.1, 0.15) is 31.5 Å². The van der Waals surface area contributed by atoms with E-state index in [4.69, 9.17) is 0 Å². The number of thioether (sulfide) groups is 1. The third kappa shape index (κ3) is 3.56. The maximum Gasteiger partial charge on any atom is 0.157 e. The molecule has 5 heteroatoms. The topological polar surface area (TPSA) is 42.0 Å². The monoisotopic (exact) mass is 284 g/mol. The molecule has 0 aliphatic carbocycles. The second-order valence-electron chi connectivity index (χ2n) is 5.60. The van der Waals surface area contributed by atoms with Crippen molar-refractivity contribution in [3.63, 3.8) is 0 Å². The van der Waals surface area contributed by atoms with E-state index in [1.165, 1.54) is 0 Å². The van der Waals surface area contributed by atoms with Gasteiger partial charge in [0.2, 0.25) is 0 Å². The lowest BCUT2D eigenvalue weighted by molar-refractivity contribution is -0.119. The van der Waals surface area contributed by atoms with Crippen molar-refractivity contribution in [3.8, 4) is 0 Å². The van der Waals surface area contributed by atoms with E-state index in [1.54, 1.807) is 11.3 Å². The third-order valence-electron chi connectivity index (χ3n) is 2.96. The van der Waals surface area contributed by atoms with Crippen LogP contribution >= 0.6 is 23.1 Å². The van der Waals surface area contributed by atoms with Crippen LogP contribution in [0.2, 0.25) is 0 Å². The molecule has 1 fully saturated rings. The van der Waals surface area contributed by atoms with Gasteiger partial charge in [0, 0.05) is 28.8 Å². The largest absolute Gasteiger partial charge is 0.306 e. The number of carbonyl (C=O) groups excluding carboxylic acids is 1. The molecule has 0 bridgehead atoms. The Morgan fingerprint density at radius 3 is 2.89 bits per heavy atom. The quantitative estimate of drug-likeness (QED) is 0.924. The lowest BCUT2D eigenvalue weighted by Crippen LogP contribution is -2.44. The maximum absolute atomic E-state index is 12.1. The number of hydrogen-bond donors (Lipinski definition) is 1. The molecular weight excluding hydrogens is 264 g/mol. The van der Waals surface area contributed by atoms with E-state index in [1.807, 2.05) is 11.8 Å². The van der Waals surface area contributed by atoms with Gasteiger partial charge in [-0.25, -0.2) is 4.98 Å². The predicted molar refractivity (Wildman–Crippen MR) is 78.6 cm³/mol. The fourth-order valence-corrected chi connectivity index (χ4v) is 3.78. The second-order valence-corrected chi connectivity index (χ2v) is 7.69. The van der Waals surface area contributed by atoms with Gasteiger partial charge in [-0.2, -0.15) is 11.8 Å². The molecule has 3 nitrogen and oxygen atoms in total. The SMILES string of the molecule is CC(C)(C)c1csc(CC(=O)C2CSCCN2)n1. The Bertz CT molecular complexity index is 417. The molecule has 1 aliphatic heterocycles. The standard InChI is InChI=1S/C13H20N2OS2/c1-13(2,3)11-8-18-12(15-11)6-10(16)9-7-17-5-4-14-9/h8-9,14H,4-7H2,1-3H3. The van der Waals surface area contributed by atoms with Crippen molar-refractivity contribution >= 4 is 28.9 Å². The average Bonchev–Trinajstić information content (AvgIpc) is 2.78. The van der Waals surface area contributed by atoms with Crippen LogP contribution in [-0.2, 0) is 16.6 Å². The summed E-state index contributed by atoms with van der Waals surface area (Å²) < 4.78 is 0. The Balaban J connectivity index is 1.96. The predicted octanol–water partition coefficient (Wildman–Crippen LogP) is 2.26. The molecular formula is C13H20N2OS2. The van der Waals surface area contributed by atoms with Gasteiger partial charge in [-0.05, 0) is 0 Å². The van der Waals surface area contributed by atoms with E-state index in [-0.39, 0.29) is 17.2 Å². The second kappa shape index (κ2) is 5.72. The molecule has 0 spiro atoms. The molecule has 0 aromatic carbocycles. The van der Waals surface area contributed by atoms with Crippen molar-refractivity contribution in [1.29, 1.82) is 0 Å². The van der Waals surface area contributed by atoms with Crippen molar-refractivity contribution in [1.82, 2.24) is 10.3 Å². The van der Waals surface area contributed by atoms with E-state index in [0.29, 0.717) is 6.42 Å². The van der Waals surface area contributed by atoms with Crippen LogP contribution in [0.4, 0.5) is 0 Å². The molecule has 1 N–H and O–H groups in total. The summed E-state index contributed by atoms with van der Waals surface area (Å²) in [4.78, 5) is 16.7. The normalized spacial score (nSPS) is 20.9. The number of hydrogen-bond acceptors (Lipinski definition) is 5. The van der Waals surface area contributed by atoms with Gasteiger partial charge in [0.15, 0.2) is 5.78 Å². The Labute approximate surface area is 117 Å². The molecule has 1 aliphatic rings. The number of ketones is 1. The van der Waals surface area contributed by atoms with E-state index >= 15 is 0 Å². The van der Waals surface area contributed by atoms with Crippen LogP contribution in [0.15, 0.2) is 5.38 Å². The van der Waals surface area contributed by atoms with Gasteiger partial charge in [-0.15, -0.1) is 11.3 Å². The van der Waals surface area contributed by atoms with Gasteiger partial charge >= 0.3 is 0 Å². The lowest BCUT2D eigenvalue weighted by atomic mass is 9.93. The zero-order chi connectivity index (χ0) is 13.2. The molecule has 1 unspecified atom stereocenters. The van der Waals surface area contributed by atoms with Crippen LogP contribution in [-0.4, -0.2) is 34.9 Å².